The monoisotopic (exact) mass is 485 g/mol. The molecule has 1 amide bonds. The zero-order valence-electron chi connectivity index (χ0n) is 17.8. The fourth-order valence-electron chi connectivity index (χ4n) is 2.92. The van der Waals surface area contributed by atoms with Gasteiger partial charge in [0, 0.05) is 42.3 Å². The zero-order chi connectivity index (χ0) is 24.1. The standard InChI is InChI=1S/C13H16ClN7.C4H4N2OS.2C2H2/c14-11-16-12(18-13(17-11)21-5-1-2-6-21)15-10-7-9(19-20-10)8-3-4-8;7-3-6-4-5-1-2-8-4;2*1-2/h7-8H,1-6H2,(H2,15,16,17,18,19,20);1-3H,(H,5,6,7);2*1-2H. The molecule has 2 fully saturated rings. The fraction of sp³-hybridized carbons (Fsp3) is 0.333. The maximum Gasteiger partial charge on any atom is 0.234 e. The first-order valence-electron chi connectivity index (χ1n) is 9.96. The molecule has 2 aliphatic rings. The molecule has 172 valence electrons. The molecule has 0 spiro atoms. The normalized spacial score (nSPS) is 13.8. The molecule has 12 heteroatoms. The number of amides is 1. The number of carbonyl (C=O) groups excluding carboxylic acids is 1. The van der Waals surface area contributed by atoms with E-state index in [2.05, 4.69) is 71.4 Å². The number of hydrogen-bond donors (Lipinski definition) is 3. The third-order valence-corrected chi connectivity index (χ3v) is 5.33. The minimum absolute atomic E-state index is 0.201. The number of halogens is 1. The second-order valence-corrected chi connectivity index (χ2v) is 7.86. The molecule has 1 aliphatic heterocycles. The van der Waals surface area contributed by atoms with Crippen molar-refractivity contribution in [2.45, 2.75) is 31.6 Å². The molecule has 4 heterocycles. The molecule has 0 aromatic carbocycles. The molecule has 0 bridgehead atoms. The summed E-state index contributed by atoms with van der Waals surface area (Å²) < 4.78 is 0. The molecule has 33 heavy (non-hydrogen) atoms. The predicted octanol–water partition coefficient (Wildman–Crippen LogP) is 3.68. The van der Waals surface area contributed by atoms with Gasteiger partial charge in [0.05, 0.1) is 0 Å². The first-order chi connectivity index (χ1) is 16.2. The Bertz CT molecular complexity index is 1020. The highest BCUT2D eigenvalue weighted by molar-refractivity contribution is 7.13. The third kappa shape index (κ3) is 8.07. The third-order valence-electron chi connectivity index (χ3n) is 4.45. The molecule has 10 nitrogen and oxygen atoms in total. The van der Waals surface area contributed by atoms with Gasteiger partial charge in [-0.05, 0) is 37.3 Å². The molecule has 5 rings (SSSR count). The summed E-state index contributed by atoms with van der Waals surface area (Å²) in [5.41, 5.74) is 1.16. The molecule has 0 unspecified atom stereocenters. The Hall–Kier alpha value is -3.67. The second-order valence-electron chi connectivity index (χ2n) is 6.63. The number of aromatic nitrogens is 6. The van der Waals surface area contributed by atoms with E-state index in [4.69, 9.17) is 11.6 Å². The van der Waals surface area contributed by atoms with Crippen LogP contribution in [0.5, 0.6) is 0 Å². The van der Waals surface area contributed by atoms with Crippen LogP contribution < -0.4 is 15.5 Å². The molecule has 3 aromatic rings. The van der Waals surface area contributed by atoms with Crippen LogP contribution in [0, 0.1) is 25.7 Å². The van der Waals surface area contributed by atoms with Crippen LogP contribution in [0.4, 0.5) is 22.8 Å². The van der Waals surface area contributed by atoms with Gasteiger partial charge in [0.1, 0.15) is 0 Å². The van der Waals surface area contributed by atoms with Crippen LogP contribution in [-0.2, 0) is 4.79 Å². The summed E-state index contributed by atoms with van der Waals surface area (Å²) >= 11 is 7.40. The number of aromatic amines is 1. The van der Waals surface area contributed by atoms with Crippen molar-refractivity contribution in [3.63, 3.8) is 0 Å². The maximum atomic E-state index is 9.73. The predicted molar refractivity (Wildman–Crippen MR) is 132 cm³/mol. The number of anilines is 4. The summed E-state index contributed by atoms with van der Waals surface area (Å²) in [6.45, 7) is 1.93. The molecule has 1 saturated heterocycles. The van der Waals surface area contributed by atoms with Crippen LogP contribution in [-0.4, -0.2) is 49.6 Å². The topological polar surface area (TPSA) is 125 Å². The van der Waals surface area contributed by atoms with Gasteiger partial charge < -0.3 is 15.5 Å². The van der Waals surface area contributed by atoms with Crippen molar-refractivity contribution in [1.29, 1.82) is 0 Å². The molecule has 3 aromatic heterocycles. The van der Waals surface area contributed by atoms with E-state index in [-0.39, 0.29) is 5.28 Å². The number of hydrogen-bond acceptors (Lipinski definition) is 9. The second kappa shape index (κ2) is 13.7. The van der Waals surface area contributed by atoms with E-state index in [1.165, 1.54) is 24.2 Å². The average Bonchev–Trinajstić information content (AvgIpc) is 3.23. The molecule has 3 N–H and O–H groups in total. The lowest BCUT2D eigenvalue weighted by Crippen LogP contribution is -2.21. The Morgan fingerprint density at radius 2 is 1.88 bits per heavy atom. The van der Waals surface area contributed by atoms with Crippen LogP contribution in [0.3, 0.4) is 0 Å². The Labute approximate surface area is 201 Å². The van der Waals surface area contributed by atoms with Crippen LogP contribution in [0.2, 0.25) is 5.28 Å². The fourth-order valence-corrected chi connectivity index (χ4v) is 3.56. The van der Waals surface area contributed by atoms with E-state index in [0.717, 1.165) is 31.6 Å². The van der Waals surface area contributed by atoms with E-state index in [1.807, 2.05) is 6.07 Å². The van der Waals surface area contributed by atoms with Gasteiger partial charge in [0.25, 0.3) is 0 Å². The average molecular weight is 486 g/mol. The lowest BCUT2D eigenvalue weighted by atomic mass is 10.3. The highest BCUT2D eigenvalue weighted by Crippen LogP contribution is 2.39. The van der Waals surface area contributed by atoms with E-state index in [1.54, 1.807) is 11.6 Å². The lowest BCUT2D eigenvalue weighted by Gasteiger charge is -2.15. The number of H-pyrrole nitrogens is 1. The van der Waals surface area contributed by atoms with Crippen molar-refractivity contribution < 1.29 is 4.79 Å². The van der Waals surface area contributed by atoms with Gasteiger partial charge in [-0.1, -0.05) is 0 Å². The van der Waals surface area contributed by atoms with Crippen molar-refractivity contribution in [1.82, 2.24) is 30.1 Å². The maximum absolute atomic E-state index is 9.73. The van der Waals surface area contributed by atoms with Gasteiger partial charge in [0.15, 0.2) is 10.9 Å². The van der Waals surface area contributed by atoms with Gasteiger partial charge in [-0.25, -0.2) is 4.98 Å². The van der Waals surface area contributed by atoms with Crippen LogP contribution >= 0.6 is 22.9 Å². The van der Waals surface area contributed by atoms with Crippen LogP contribution in [0.25, 0.3) is 0 Å². The van der Waals surface area contributed by atoms with E-state index in [9.17, 15) is 4.79 Å². The molecule has 0 radical (unpaired) electrons. The van der Waals surface area contributed by atoms with E-state index in [0.29, 0.717) is 35.2 Å². The quantitative estimate of drug-likeness (QED) is 0.356. The van der Waals surface area contributed by atoms with Gasteiger partial charge >= 0.3 is 0 Å². The van der Waals surface area contributed by atoms with Gasteiger partial charge in [-0.3, -0.25) is 9.89 Å². The summed E-state index contributed by atoms with van der Waals surface area (Å²) in [5.74, 6) is 2.42. The molecular formula is C21H24ClN9OS. The van der Waals surface area contributed by atoms with Crippen molar-refractivity contribution in [2.75, 3.05) is 28.6 Å². The number of thiazole rings is 1. The van der Waals surface area contributed by atoms with E-state index < -0.39 is 0 Å². The van der Waals surface area contributed by atoms with Crippen molar-refractivity contribution in [3.05, 3.63) is 28.6 Å². The lowest BCUT2D eigenvalue weighted by molar-refractivity contribution is -0.105. The number of carbonyl (C=O) groups is 1. The Morgan fingerprint density at radius 3 is 2.48 bits per heavy atom. The first-order valence-corrected chi connectivity index (χ1v) is 11.2. The molecule has 0 atom stereocenters. The molecule has 1 aliphatic carbocycles. The van der Waals surface area contributed by atoms with E-state index >= 15 is 0 Å². The number of nitrogens with one attached hydrogen (secondary N) is 3. The smallest absolute Gasteiger partial charge is 0.234 e. The highest BCUT2D eigenvalue weighted by atomic mass is 35.5. The van der Waals surface area contributed by atoms with Gasteiger partial charge in [-0.2, -0.15) is 20.1 Å². The minimum Gasteiger partial charge on any atom is -0.341 e. The minimum atomic E-state index is 0.201. The van der Waals surface area contributed by atoms with Crippen molar-refractivity contribution in [2.24, 2.45) is 0 Å². The first kappa shape index (κ1) is 25.6. The Kier molecular flexibility index (Phi) is 10.6. The summed E-state index contributed by atoms with van der Waals surface area (Å²) in [6.07, 6.45) is 23.0. The summed E-state index contributed by atoms with van der Waals surface area (Å²) in [6, 6.07) is 2.00. The van der Waals surface area contributed by atoms with Crippen molar-refractivity contribution in [3.8, 4) is 25.7 Å². The highest BCUT2D eigenvalue weighted by Gasteiger charge is 2.25. The van der Waals surface area contributed by atoms with Crippen LogP contribution in [0.15, 0.2) is 17.6 Å². The van der Waals surface area contributed by atoms with Gasteiger partial charge in [-0.15, -0.1) is 37.0 Å². The molecular weight excluding hydrogens is 462 g/mol. The Morgan fingerprint density at radius 1 is 1.15 bits per heavy atom. The number of nitrogens with zero attached hydrogens (tertiary/aromatic N) is 6. The largest absolute Gasteiger partial charge is 0.341 e. The van der Waals surface area contributed by atoms with Gasteiger partial charge in [0.2, 0.25) is 23.6 Å². The van der Waals surface area contributed by atoms with Crippen molar-refractivity contribution >= 4 is 52.2 Å². The summed E-state index contributed by atoms with van der Waals surface area (Å²) in [7, 11) is 0. The summed E-state index contributed by atoms with van der Waals surface area (Å²) in [4.78, 5) is 28.4. The summed E-state index contributed by atoms with van der Waals surface area (Å²) in [5, 5.41) is 15.4. The Balaban J connectivity index is 0.000000270. The zero-order valence-corrected chi connectivity index (χ0v) is 19.4. The SMILES string of the molecule is C#C.C#C.Clc1nc(Nc2cc(C3CC3)[nH]n2)nc(N2CCCC2)n1.O=CNc1nccs1. The molecule has 1 saturated carbocycles. The van der Waals surface area contributed by atoms with Crippen LogP contribution in [0.1, 0.15) is 37.3 Å². The number of rotatable bonds is 6. The number of terminal acetylenes is 2.